The first-order valence-electron chi connectivity index (χ1n) is 6.25. The normalized spacial score (nSPS) is 16.8. The van der Waals surface area contributed by atoms with Gasteiger partial charge in [-0.3, -0.25) is 4.90 Å². The van der Waals surface area contributed by atoms with Gasteiger partial charge in [-0.25, -0.2) is 0 Å². The van der Waals surface area contributed by atoms with E-state index in [0.717, 1.165) is 60.2 Å². The van der Waals surface area contributed by atoms with E-state index < -0.39 is 0 Å². The average molecular weight is 458 g/mol. The third-order valence-electron chi connectivity index (χ3n) is 3.25. The smallest absolute Gasteiger partial charge is 0.144 e. The summed E-state index contributed by atoms with van der Waals surface area (Å²) in [6.45, 7) is 4.79. The van der Waals surface area contributed by atoms with Gasteiger partial charge in [0.05, 0.1) is 22.2 Å². The Bertz CT molecular complexity index is 448. The third kappa shape index (κ3) is 4.17. The topological polar surface area (TPSA) is 32.7 Å². The Kier molecular flexibility index (Phi) is 6.14. The quantitative estimate of drug-likeness (QED) is 0.743. The summed E-state index contributed by atoms with van der Waals surface area (Å²) in [6, 6.07) is 1.89. The first-order valence-corrected chi connectivity index (χ1v) is 8.63. The number of phenols is 1. The van der Waals surface area contributed by atoms with Gasteiger partial charge in [-0.2, -0.15) is 0 Å². The minimum absolute atomic E-state index is 0.268. The monoisotopic (exact) mass is 455 g/mol. The standard InChI is InChI=1S/C13H16Br3NO2/c14-10-8-11(15)13(18)12(16)9(10)2-1-3-17-4-6-19-7-5-17/h8,18H,1-7H2. The molecule has 106 valence electrons. The van der Waals surface area contributed by atoms with E-state index in [4.69, 9.17) is 4.74 Å². The molecule has 0 amide bonds. The number of rotatable bonds is 4. The molecule has 0 aromatic heterocycles. The number of nitrogens with zero attached hydrogens (tertiary/aromatic N) is 1. The van der Waals surface area contributed by atoms with Gasteiger partial charge in [-0.1, -0.05) is 15.9 Å². The zero-order valence-corrected chi connectivity index (χ0v) is 15.2. The summed E-state index contributed by atoms with van der Waals surface area (Å²) in [4.78, 5) is 2.42. The van der Waals surface area contributed by atoms with Crippen molar-refractivity contribution in [2.24, 2.45) is 0 Å². The Labute approximate surface area is 138 Å². The molecule has 1 saturated heterocycles. The van der Waals surface area contributed by atoms with Crippen molar-refractivity contribution in [1.29, 1.82) is 0 Å². The van der Waals surface area contributed by atoms with Crippen LogP contribution in [0.25, 0.3) is 0 Å². The SMILES string of the molecule is Oc1c(Br)cc(Br)c(CCCN2CCOCC2)c1Br. The van der Waals surface area contributed by atoms with Crippen LogP contribution in [-0.2, 0) is 11.2 Å². The lowest BCUT2D eigenvalue weighted by atomic mass is 10.1. The van der Waals surface area contributed by atoms with Crippen LogP contribution >= 0.6 is 47.8 Å². The molecule has 0 spiro atoms. The lowest BCUT2D eigenvalue weighted by Crippen LogP contribution is -2.36. The molecular weight excluding hydrogens is 442 g/mol. The number of aromatic hydroxyl groups is 1. The van der Waals surface area contributed by atoms with Crippen molar-refractivity contribution in [3.05, 3.63) is 25.0 Å². The van der Waals surface area contributed by atoms with Crippen molar-refractivity contribution < 1.29 is 9.84 Å². The van der Waals surface area contributed by atoms with E-state index in [1.807, 2.05) is 6.07 Å². The highest BCUT2D eigenvalue weighted by atomic mass is 79.9. The fourth-order valence-corrected chi connectivity index (χ4v) is 4.67. The molecule has 1 aliphatic heterocycles. The van der Waals surface area contributed by atoms with Crippen LogP contribution in [-0.4, -0.2) is 42.9 Å². The number of halogens is 3. The maximum absolute atomic E-state index is 9.92. The number of benzene rings is 1. The molecule has 19 heavy (non-hydrogen) atoms. The zero-order valence-electron chi connectivity index (χ0n) is 10.5. The van der Waals surface area contributed by atoms with E-state index in [0.29, 0.717) is 4.47 Å². The van der Waals surface area contributed by atoms with Crippen molar-refractivity contribution in [2.45, 2.75) is 12.8 Å². The summed E-state index contributed by atoms with van der Waals surface area (Å²) >= 11 is 10.3. The number of hydrogen-bond donors (Lipinski definition) is 1. The van der Waals surface area contributed by atoms with Crippen LogP contribution in [0.5, 0.6) is 5.75 Å². The van der Waals surface area contributed by atoms with Crippen molar-refractivity contribution in [3.63, 3.8) is 0 Å². The molecule has 1 fully saturated rings. The summed E-state index contributed by atoms with van der Waals surface area (Å²) in [6.07, 6.45) is 2.00. The molecule has 1 aliphatic rings. The van der Waals surface area contributed by atoms with Crippen LogP contribution in [0, 0.1) is 0 Å². The van der Waals surface area contributed by atoms with Crippen molar-refractivity contribution in [3.8, 4) is 5.75 Å². The van der Waals surface area contributed by atoms with Crippen LogP contribution in [0.1, 0.15) is 12.0 Å². The van der Waals surface area contributed by atoms with Crippen molar-refractivity contribution >= 4 is 47.8 Å². The molecule has 0 saturated carbocycles. The predicted octanol–water partition coefficient (Wildman–Crippen LogP) is 3.94. The molecule has 1 heterocycles. The molecule has 1 N–H and O–H groups in total. The van der Waals surface area contributed by atoms with E-state index in [2.05, 4.69) is 52.7 Å². The summed E-state index contributed by atoms with van der Waals surface area (Å²) in [5.41, 5.74) is 1.12. The highest BCUT2D eigenvalue weighted by molar-refractivity contribution is 9.11. The van der Waals surface area contributed by atoms with Gasteiger partial charge < -0.3 is 9.84 Å². The molecule has 0 aliphatic carbocycles. The molecular formula is C13H16Br3NO2. The Hall–Kier alpha value is 0.380. The van der Waals surface area contributed by atoms with Crippen molar-refractivity contribution in [2.75, 3.05) is 32.8 Å². The second-order valence-corrected chi connectivity index (χ2v) is 7.04. The summed E-state index contributed by atoms with van der Waals surface area (Å²) < 4.78 is 7.83. The van der Waals surface area contributed by atoms with Gasteiger partial charge in [0.15, 0.2) is 0 Å². The largest absolute Gasteiger partial charge is 0.506 e. The maximum atomic E-state index is 9.92. The molecule has 0 unspecified atom stereocenters. The fourth-order valence-electron chi connectivity index (χ4n) is 2.15. The van der Waals surface area contributed by atoms with Gasteiger partial charge >= 0.3 is 0 Å². The van der Waals surface area contributed by atoms with Crippen molar-refractivity contribution in [1.82, 2.24) is 4.90 Å². The summed E-state index contributed by atoms with van der Waals surface area (Å²) in [5, 5.41) is 9.92. The number of ether oxygens (including phenoxy) is 1. The van der Waals surface area contributed by atoms with Gasteiger partial charge in [0.2, 0.25) is 0 Å². The van der Waals surface area contributed by atoms with Crippen LogP contribution in [0.3, 0.4) is 0 Å². The minimum Gasteiger partial charge on any atom is -0.506 e. The Balaban J connectivity index is 1.94. The van der Waals surface area contributed by atoms with E-state index in [1.54, 1.807) is 0 Å². The van der Waals surface area contributed by atoms with Gasteiger partial charge in [0, 0.05) is 17.6 Å². The predicted molar refractivity (Wildman–Crippen MR) is 86.8 cm³/mol. The fraction of sp³-hybridized carbons (Fsp3) is 0.538. The molecule has 2 rings (SSSR count). The van der Waals surface area contributed by atoms with Crippen LogP contribution in [0.2, 0.25) is 0 Å². The van der Waals surface area contributed by atoms with E-state index in [-0.39, 0.29) is 5.75 Å². The lowest BCUT2D eigenvalue weighted by Gasteiger charge is -2.26. The lowest BCUT2D eigenvalue weighted by molar-refractivity contribution is 0.0374. The highest BCUT2D eigenvalue weighted by Crippen LogP contribution is 2.39. The molecule has 0 atom stereocenters. The highest BCUT2D eigenvalue weighted by Gasteiger charge is 2.14. The molecule has 1 aromatic rings. The number of phenolic OH excluding ortho intramolecular Hbond substituents is 1. The Morgan fingerprint density at radius 1 is 1.16 bits per heavy atom. The van der Waals surface area contributed by atoms with Gasteiger partial charge in [0.25, 0.3) is 0 Å². The summed E-state index contributed by atoms with van der Waals surface area (Å²) in [7, 11) is 0. The van der Waals surface area contributed by atoms with Crippen LogP contribution < -0.4 is 0 Å². The Morgan fingerprint density at radius 3 is 2.53 bits per heavy atom. The molecule has 3 nitrogen and oxygen atoms in total. The van der Waals surface area contributed by atoms with Crippen LogP contribution in [0.4, 0.5) is 0 Å². The summed E-state index contributed by atoms with van der Waals surface area (Å²) in [5.74, 6) is 0.268. The van der Waals surface area contributed by atoms with Gasteiger partial charge in [-0.15, -0.1) is 0 Å². The zero-order chi connectivity index (χ0) is 13.8. The van der Waals surface area contributed by atoms with Gasteiger partial charge in [0.1, 0.15) is 5.75 Å². The van der Waals surface area contributed by atoms with E-state index in [1.165, 1.54) is 0 Å². The number of morpholine rings is 1. The first-order chi connectivity index (χ1) is 9.09. The average Bonchev–Trinajstić information content (AvgIpc) is 2.41. The second kappa shape index (κ2) is 7.41. The third-order valence-corrected chi connectivity index (χ3v) is 5.41. The molecule has 0 bridgehead atoms. The maximum Gasteiger partial charge on any atom is 0.144 e. The number of hydrogen-bond acceptors (Lipinski definition) is 3. The molecule has 1 aromatic carbocycles. The molecule has 6 heteroatoms. The van der Waals surface area contributed by atoms with E-state index >= 15 is 0 Å². The van der Waals surface area contributed by atoms with Crippen LogP contribution in [0.15, 0.2) is 19.5 Å². The second-order valence-electron chi connectivity index (χ2n) is 4.54. The minimum atomic E-state index is 0.268. The van der Waals surface area contributed by atoms with E-state index in [9.17, 15) is 5.11 Å². The molecule has 0 radical (unpaired) electrons. The van der Waals surface area contributed by atoms with Gasteiger partial charge in [-0.05, 0) is 62.9 Å². The first kappa shape index (κ1) is 15.8. The Morgan fingerprint density at radius 2 is 1.84 bits per heavy atom.